The Hall–Kier alpha value is -2.52. The minimum absolute atomic E-state index is 0.0677. The predicted octanol–water partition coefficient (Wildman–Crippen LogP) is 4.53. The van der Waals surface area contributed by atoms with Crippen LogP contribution in [0.15, 0.2) is 47.4 Å². The van der Waals surface area contributed by atoms with Crippen LogP contribution in [-0.2, 0) is 14.8 Å². The van der Waals surface area contributed by atoms with Crippen LogP contribution in [0.1, 0.15) is 44.1 Å². The largest absolute Gasteiger partial charge is 0.493 e. The van der Waals surface area contributed by atoms with Crippen LogP contribution in [-0.4, -0.2) is 56.3 Å². The van der Waals surface area contributed by atoms with Crippen LogP contribution in [0.3, 0.4) is 0 Å². The highest BCUT2D eigenvalue weighted by Crippen LogP contribution is 2.38. The van der Waals surface area contributed by atoms with E-state index in [1.165, 1.54) is 28.6 Å². The van der Waals surface area contributed by atoms with E-state index in [-0.39, 0.29) is 42.7 Å². The number of sulfonamides is 1. The molecule has 2 heterocycles. The van der Waals surface area contributed by atoms with Gasteiger partial charge in [-0.15, -0.1) is 0 Å². The number of carbonyl (C=O) groups excluding carboxylic acids is 1. The summed E-state index contributed by atoms with van der Waals surface area (Å²) >= 11 is 0. The SMILES string of the molecule is Cc1cc(F)ccc1S(=O)(=O)N1CCC(COc2ccc(F)cc2)(CC(=O)N2CCCCC2)CC1. The Kier molecular flexibility index (Phi) is 7.76. The van der Waals surface area contributed by atoms with Gasteiger partial charge in [-0.25, -0.2) is 17.2 Å². The maximum Gasteiger partial charge on any atom is 0.243 e. The standard InChI is InChI=1S/C26H32F2N2O4S/c1-20-17-22(28)7-10-24(20)35(32,33)30-15-11-26(12-16-30,18-25(31)29-13-3-2-4-14-29)19-34-23-8-5-21(27)6-9-23/h5-10,17H,2-4,11-16,18-19H2,1H3. The second-order valence-corrected chi connectivity index (χ2v) is 11.6. The monoisotopic (exact) mass is 506 g/mol. The number of halogens is 2. The van der Waals surface area contributed by atoms with Crippen molar-refractivity contribution in [2.45, 2.75) is 50.3 Å². The van der Waals surface area contributed by atoms with Crippen molar-refractivity contribution in [1.29, 1.82) is 0 Å². The van der Waals surface area contributed by atoms with Gasteiger partial charge in [0.05, 0.1) is 11.5 Å². The lowest BCUT2D eigenvalue weighted by Crippen LogP contribution is -2.48. The maximum absolute atomic E-state index is 13.5. The van der Waals surface area contributed by atoms with Gasteiger partial charge in [-0.1, -0.05) is 0 Å². The maximum atomic E-state index is 13.5. The Bertz CT molecular complexity index is 1140. The number of likely N-dealkylation sites (tertiary alicyclic amines) is 1. The molecule has 9 heteroatoms. The molecule has 0 saturated carbocycles. The molecule has 2 aliphatic rings. The molecule has 1 amide bonds. The number of hydrogen-bond donors (Lipinski definition) is 0. The molecule has 0 radical (unpaired) electrons. The molecule has 35 heavy (non-hydrogen) atoms. The van der Waals surface area contributed by atoms with E-state index in [0.717, 1.165) is 38.4 Å². The molecule has 2 aromatic rings. The molecule has 190 valence electrons. The van der Waals surface area contributed by atoms with Crippen molar-refractivity contribution in [3.8, 4) is 5.75 Å². The van der Waals surface area contributed by atoms with E-state index in [1.54, 1.807) is 19.1 Å². The van der Waals surface area contributed by atoms with Crippen LogP contribution in [0.4, 0.5) is 8.78 Å². The summed E-state index contributed by atoms with van der Waals surface area (Å²) < 4.78 is 60.8. The van der Waals surface area contributed by atoms with Gasteiger partial charge < -0.3 is 9.64 Å². The van der Waals surface area contributed by atoms with E-state index < -0.39 is 21.3 Å². The van der Waals surface area contributed by atoms with Crippen LogP contribution in [0, 0.1) is 24.0 Å². The van der Waals surface area contributed by atoms with E-state index in [1.807, 2.05) is 4.90 Å². The highest BCUT2D eigenvalue weighted by molar-refractivity contribution is 7.89. The molecule has 0 unspecified atom stereocenters. The third-order valence-corrected chi connectivity index (χ3v) is 9.19. The molecular weight excluding hydrogens is 474 g/mol. The molecule has 0 aromatic heterocycles. The molecular formula is C26H32F2N2O4S. The number of amides is 1. The van der Waals surface area contributed by atoms with Gasteiger partial charge in [-0.05, 0) is 87.1 Å². The number of aryl methyl sites for hydroxylation is 1. The average Bonchev–Trinajstić information content (AvgIpc) is 2.84. The number of ether oxygens (including phenoxy) is 1. The minimum atomic E-state index is -3.79. The van der Waals surface area contributed by atoms with Crippen molar-refractivity contribution in [2.75, 3.05) is 32.8 Å². The van der Waals surface area contributed by atoms with E-state index in [2.05, 4.69) is 0 Å². The summed E-state index contributed by atoms with van der Waals surface area (Å²) in [5.74, 6) is -0.263. The van der Waals surface area contributed by atoms with Gasteiger partial charge in [0, 0.05) is 38.0 Å². The Morgan fingerprint density at radius 3 is 2.20 bits per heavy atom. The van der Waals surface area contributed by atoms with E-state index in [0.29, 0.717) is 24.2 Å². The number of hydrogen-bond acceptors (Lipinski definition) is 4. The molecule has 2 aliphatic heterocycles. The highest BCUT2D eigenvalue weighted by Gasteiger charge is 2.42. The zero-order valence-corrected chi connectivity index (χ0v) is 20.8. The average molecular weight is 507 g/mol. The third kappa shape index (κ3) is 6.01. The lowest BCUT2D eigenvalue weighted by Gasteiger charge is -2.42. The van der Waals surface area contributed by atoms with Crippen molar-refractivity contribution in [3.63, 3.8) is 0 Å². The summed E-state index contributed by atoms with van der Waals surface area (Å²) in [6.07, 6.45) is 4.29. The van der Waals surface area contributed by atoms with Crippen LogP contribution in [0.5, 0.6) is 5.75 Å². The molecule has 0 aliphatic carbocycles. The lowest BCUT2D eigenvalue weighted by atomic mass is 9.76. The molecule has 0 spiro atoms. The summed E-state index contributed by atoms with van der Waals surface area (Å²) in [7, 11) is -3.79. The van der Waals surface area contributed by atoms with Gasteiger partial charge >= 0.3 is 0 Å². The Morgan fingerprint density at radius 1 is 0.943 bits per heavy atom. The number of rotatable bonds is 7. The molecule has 2 aromatic carbocycles. The van der Waals surface area contributed by atoms with Crippen molar-refractivity contribution >= 4 is 15.9 Å². The second kappa shape index (κ2) is 10.6. The van der Waals surface area contributed by atoms with Crippen LogP contribution in [0.2, 0.25) is 0 Å². The lowest BCUT2D eigenvalue weighted by molar-refractivity contribution is -0.136. The van der Waals surface area contributed by atoms with Crippen molar-refractivity contribution in [3.05, 3.63) is 59.7 Å². The van der Waals surface area contributed by atoms with E-state index in [4.69, 9.17) is 4.74 Å². The number of benzene rings is 2. The zero-order valence-electron chi connectivity index (χ0n) is 20.0. The van der Waals surface area contributed by atoms with Crippen LogP contribution >= 0.6 is 0 Å². The van der Waals surface area contributed by atoms with Gasteiger partial charge in [0.2, 0.25) is 15.9 Å². The summed E-state index contributed by atoms with van der Waals surface area (Å²) in [5.41, 5.74) is -0.172. The van der Waals surface area contributed by atoms with Gasteiger partial charge in [0.1, 0.15) is 17.4 Å². The van der Waals surface area contributed by atoms with Gasteiger partial charge in [0.25, 0.3) is 0 Å². The summed E-state index contributed by atoms with van der Waals surface area (Å²) in [4.78, 5) is 15.2. The van der Waals surface area contributed by atoms with Crippen LogP contribution in [0.25, 0.3) is 0 Å². The minimum Gasteiger partial charge on any atom is -0.493 e. The van der Waals surface area contributed by atoms with E-state index in [9.17, 15) is 22.0 Å². The molecule has 0 bridgehead atoms. The summed E-state index contributed by atoms with van der Waals surface area (Å²) in [5, 5.41) is 0. The Morgan fingerprint density at radius 2 is 1.57 bits per heavy atom. The third-order valence-electron chi connectivity index (χ3n) is 7.13. The summed E-state index contributed by atoms with van der Waals surface area (Å²) in [6, 6.07) is 9.41. The first-order chi connectivity index (χ1) is 16.7. The quantitative estimate of drug-likeness (QED) is 0.554. The fourth-order valence-electron chi connectivity index (χ4n) is 4.96. The highest BCUT2D eigenvalue weighted by atomic mass is 32.2. The van der Waals surface area contributed by atoms with Crippen molar-refractivity contribution in [1.82, 2.24) is 9.21 Å². The molecule has 4 rings (SSSR count). The second-order valence-electron chi connectivity index (χ2n) is 9.67. The molecule has 2 saturated heterocycles. The first-order valence-electron chi connectivity index (χ1n) is 12.1. The van der Waals surface area contributed by atoms with Crippen LogP contribution < -0.4 is 4.74 Å². The van der Waals surface area contributed by atoms with Gasteiger partial charge in [0.15, 0.2) is 0 Å². The topological polar surface area (TPSA) is 66.9 Å². The molecule has 0 atom stereocenters. The number of nitrogens with zero attached hydrogens (tertiary/aromatic N) is 2. The molecule has 6 nitrogen and oxygen atoms in total. The Balaban J connectivity index is 1.50. The predicted molar refractivity (Wildman–Crippen MR) is 129 cm³/mol. The van der Waals surface area contributed by atoms with Crippen molar-refractivity contribution in [2.24, 2.45) is 5.41 Å². The smallest absolute Gasteiger partial charge is 0.243 e. The molecule has 2 fully saturated rings. The first-order valence-corrected chi connectivity index (χ1v) is 13.6. The zero-order chi connectivity index (χ0) is 25.1. The van der Waals surface area contributed by atoms with Gasteiger partial charge in [-0.3, -0.25) is 4.79 Å². The number of carbonyl (C=O) groups is 1. The normalized spacial score (nSPS) is 18.9. The molecule has 0 N–H and O–H groups in total. The fraction of sp³-hybridized carbons (Fsp3) is 0.500. The van der Waals surface area contributed by atoms with Gasteiger partial charge in [-0.2, -0.15) is 4.31 Å². The van der Waals surface area contributed by atoms with E-state index >= 15 is 0 Å². The summed E-state index contributed by atoms with van der Waals surface area (Å²) in [6.45, 7) is 3.79. The first kappa shape index (κ1) is 25.6. The van der Waals surface area contributed by atoms with Crippen molar-refractivity contribution < 1.29 is 26.7 Å². The Labute approximate surface area is 205 Å². The number of piperidine rings is 2. The fourth-order valence-corrected chi connectivity index (χ4v) is 6.60.